The second kappa shape index (κ2) is 6.21. The minimum absolute atomic E-state index is 0.211. The van der Waals surface area contributed by atoms with Gasteiger partial charge in [-0.1, -0.05) is 35.0 Å². The van der Waals surface area contributed by atoms with Crippen molar-refractivity contribution in [3.63, 3.8) is 0 Å². The third-order valence-corrected chi connectivity index (χ3v) is 3.51. The summed E-state index contributed by atoms with van der Waals surface area (Å²) < 4.78 is 7.05. The topological polar surface area (TPSA) is 35.2 Å². The van der Waals surface area contributed by atoms with E-state index in [1.807, 2.05) is 12.1 Å². The van der Waals surface area contributed by atoms with Gasteiger partial charge in [0.1, 0.15) is 5.75 Å². The van der Waals surface area contributed by atoms with Crippen LogP contribution >= 0.6 is 15.9 Å². The fraction of sp³-hybridized carbons (Fsp3) is 0.333. The highest BCUT2D eigenvalue weighted by molar-refractivity contribution is 9.10. The van der Waals surface area contributed by atoms with E-state index in [1.165, 1.54) is 10.8 Å². The number of halogens is 1. The summed E-state index contributed by atoms with van der Waals surface area (Å²) in [7, 11) is 0. The molecule has 3 heteroatoms. The molecule has 2 rings (SSSR count). The molecule has 0 heterocycles. The fourth-order valence-electron chi connectivity index (χ4n) is 1.99. The predicted octanol–water partition coefficient (Wildman–Crippen LogP) is 4.11. The van der Waals surface area contributed by atoms with Crippen LogP contribution in [0.25, 0.3) is 10.8 Å². The average molecular weight is 308 g/mol. The van der Waals surface area contributed by atoms with Crippen molar-refractivity contribution in [2.75, 3.05) is 6.54 Å². The number of fused-ring (bicyclic) bond motifs is 1. The van der Waals surface area contributed by atoms with Crippen molar-refractivity contribution in [3.05, 3.63) is 40.9 Å². The van der Waals surface area contributed by atoms with Crippen molar-refractivity contribution >= 4 is 26.7 Å². The number of nitrogens with two attached hydrogens (primary N) is 1. The second-order valence-electron chi connectivity index (χ2n) is 4.38. The Morgan fingerprint density at radius 2 is 1.89 bits per heavy atom. The highest BCUT2D eigenvalue weighted by Gasteiger charge is 2.07. The summed E-state index contributed by atoms with van der Waals surface area (Å²) in [6.45, 7) is 2.79. The van der Waals surface area contributed by atoms with E-state index < -0.39 is 0 Å². The predicted molar refractivity (Wildman–Crippen MR) is 80.0 cm³/mol. The highest BCUT2D eigenvalue weighted by Crippen LogP contribution is 2.25. The monoisotopic (exact) mass is 307 g/mol. The molecule has 2 nitrogen and oxygen atoms in total. The van der Waals surface area contributed by atoms with Crippen LogP contribution in [0.5, 0.6) is 5.75 Å². The van der Waals surface area contributed by atoms with Crippen LogP contribution in [-0.4, -0.2) is 12.6 Å². The van der Waals surface area contributed by atoms with Crippen LogP contribution in [0.15, 0.2) is 40.9 Å². The Morgan fingerprint density at radius 3 is 2.61 bits per heavy atom. The fourth-order valence-corrected chi connectivity index (χ4v) is 2.37. The van der Waals surface area contributed by atoms with Crippen LogP contribution in [0, 0.1) is 0 Å². The average Bonchev–Trinajstić information content (AvgIpc) is 2.38. The summed E-state index contributed by atoms with van der Waals surface area (Å²) in [5, 5.41) is 2.40. The van der Waals surface area contributed by atoms with Gasteiger partial charge in [0.2, 0.25) is 0 Å². The first kappa shape index (κ1) is 13.4. The second-order valence-corrected chi connectivity index (χ2v) is 5.29. The molecule has 0 spiro atoms. The maximum atomic E-state index is 5.95. The molecular formula is C15H18BrNO. The molecule has 0 aliphatic carbocycles. The first-order chi connectivity index (χ1) is 8.72. The van der Waals surface area contributed by atoms with Crippen LogP contribution in [0.4, 0.5) is 0 Å². The van der Waals surface area contributed by atoms with Crippen LogP contribution in [0.3, 0.4) is 0 Å². The summed E-state index contributed by atoms with van der Waals surface area (Å²) in [5.41, 5.74) is 5.58. The standard InChI is InChI=1S/C15H18BrNO/c1-2-14(7-8-17)18-15-6-4-11-9-13(16)5-3-12(11)10-15/h3-6,9-10,14H,2,7-8,17H2,1H3. The molecule has 96 valence electrons. The molecule has 2 aromatic rings. The lowest BCUT2D eigenvalue weighted by molar-refractivity contribution is 0.190. The van der Waals surface area contributed by atoms with Crippen LogP contribution in [-0.2, 0) is 0 Å². The Bertz CT molecular complexity index is 527. The van der Waals surface area contributed by atoms with E-state index in [9.17, 15) is 0 Å². The van der Waals surface area contributed by atoms with Crippen molar-refractivity contribution in [1.82, 2.24) is 0 Å². The Hall–Kier alpha value is -1.06. The van der Waals surface area contributed by atoms with Crippen LogP contribution in [0.1, 0.15) is 19.8 Å². The van der Waals surface area contributed by atoms with Crippen molar-refractivity contribution in [2.45, 2.75) is 25.9 Å². The molecule has 0 fully saturated rings. The smallest absolute Gasteiger partial charge is 0.120 e. The van der Waals surface area contributed by atoms with Crippen LogP contribution in [0.2, 0.25) is 0 Å². The van der Waals surface area contributed by atoms with Crippen molar-refractivity contribution < 1.29 is 4.74 Å². The Kier molecular flexibility index (Phi) is 4.61. The van der Waals surface area contributed by atoms with Crippen molar-refractivity contribution in [1.29, 1.82) is 0 Å². The van der Waals surface area contributed by atoms with Gasteiger partial charge < -0.3 is 10.5 Å². The lowest BCUT2D eigenvalue weighted by Crippen LogP contribution is -2.19. The van der Waals surface area contributed by atoms with E-state index in [-0.39, 0.29) is 6.10 Å². The molecule has 0 radical (unpaired) electrons. The third kappa shape index (κ3) is 3.24. The van der Waals surface area contributed by atoms with E-state index in [2.05, 4.69) is 47.1 Å². The van der Waals surface area contributed by atoms with E-state index in [4.69, 9.17) is 10.5 Å². The summed E-state index contributed by atoms with van der Waals surface area (Å²) in [6, 6.07) is 12.4. The Balaban J connectivity index is 2.21. The molecule has 2 N–H and O–H groups in total. The van der Waals surface area contributed by atoms with Crippen molar-refractivity contribution in [3.8, 4) is 5.75 Å². The SMILES string of the molecule is CCC(CCN)Oc1ccc2cc(Br)ccc2c1. The third-order valence-electron chi connectivity index (χ3n) is 3.02. The largest absolute Gasteiger partial charge is 0.490 e. The molecule has 18 heavy (non-hydrogen) atoms. The van der Waals surface area contributed by atoms with Gasteiger partial charge in [0.25, 0.3) is 0 Å². The molecule has 1 atom stereocenters. The molecule has 0 amide bonds. The van der Waals surface area contributed by atoms with E-state index in [0.29, 0.717) is 6.54 Å². The lowest BCUT2D eigenvalue weighted by Gasteiger charge is -2.17. The van der Waals surface area contributed by atoms with Gasteiger partial charge in [0, 0.05) is 4.47 Å². The van der Waals surface area contributed by atoms with Gasteiger partial charge >= 0.3 is 0 Å². The van der Waals surface area contributed by atoms with E-state index in [1.54, 1.807) is 0 Å². The van der Waals surface area contributed by atoms with E-state index in [0.717, 1.165) is 23.1 Å². The summed E-state index contributed by atoms with van der Waals surface area (Å²) in [5.74, 6) is 0.921. The number of hydrogen-bond donors (Lipinski definition) is 1. The number of rotatable bonds is 5. The minimum Gasteiger partial charge on any atom is -0.490 e. The van der Waals surface area contributed by atoms with E-state index >= 15 is 0 Å². The van der Waals surface area contributed by atoms with Gasteiger partial charge in [0.05, 0.1) is 6.10 Å². The van der Waals surface area contributed by atoms with Crippen molar-refractivity contribution in [2.24, 2.45) is 5.73 Å². The number of hydrogen-bond acceptors (Lipinski definition) is 2. The maximum Gasteiger partial charge on any atom is 0.120 e. The number of benzene rings is 2. The minimum atomic E-state index is 0.211. The quantitative estimate of drug-likeness (QED) is 0.902. The zero-order chi connectivity index (χ0) is 13.0. The molecule has 0 saturated carbocycles. The molecule has 0 aliphatic heterocycles. The first-order valence-corrected chi connectivity index (χ1v) is 7.08. The molecule has 0 bridgehead atoms. The van der Waals surface area contributed by atoms with Gasteiger partial charge in [-0.25, -0.2) is 0 Å². The lowest BCUT2D eigenvalue weighted by atomic mass is 10.1. The molecular weight excluding hydrogens is 290 g/mol. The Morgan fingerprint density at radius 1 is 1.17 bits per heavy atom. The summed E-state index contributed by atoms with van der Waals surface area (Å²) >= 11 is 3.48. The molecule has 0 saturated heterocycles. The molecule has 2 aromatic carbocycles. The van der Waals surface area contributed by atoms with Gasteiger partial charge in [-0.3, -0.25) is 0 Å². The molecule has 1 unspecified atom stereocenters. The summed E-state index contributed by atoms with van der Waals surface area (Å²) in [6.07, 6.45) is 2.09. The van der Waals surface area contributed by atoms with Gasteiger partial charge in [-0.05, 0) is 54.4 Å². The maximum absolute atomic E-state index is 5.95. The molecule has 0 aromatic heterocycles. The highest BCUT2D eigenvalue weighted by atomic mass is 79.9. The zero-order valence-corrected chi connectivity index (χ0v) is 12.1. The van der Waals surface area contributed by atoms with Crippen LogP contribution < -0.4 is 10.5 Å². The van der Waals surface area contributed by atoms with Gasteiger partial charge in [-0.15, -0.1) is 0 Å². The van der Waals surface area contributed by atoms with Gasteiger partial charge in [-0.2, -0.15) is 0 Å². The normalized spacial score (nSPS) is 12.6. The summed E-state index contributed by atoms with van der Waals surface area (Å²) in [4.78, 5) is 0. The Labute approximate surface area is 116 Å². The zero-order valence-electron chi connectivity index (χ0n) is 10.5. The van der Waals surface area contributed by atoms with Gasteiger partial charge in [0.15, 0.2) is 0 Å². The number of ether oxygens (including phenoxy) is 1. The molecule has 0 aliphatic rings. The first-order valence-electron chi connectivity index (χ1n) is 6.29.